The van der Waals surface area contributed by atoms with Crippen molar-refractivity contribution in [3.63, 3.8) is 0 Å². The summed E-state index contributed by atoms with van der Waals surface area (Å²) in [6, 6.07) is 0. The lowest BCUT2D eigenvalue weighted by molar-refractivity contribution is 0.253. The Labute approximate surface area is 171 Å². The summed E-state index contributed by atoms with van der Waals surface area (Å²) in [5, 5.41) is 0.436. The molecule has 0 aliphatic carbocycles. The van der Waals surface area contributed by atoms with E-state index >= 15 is 0 Å². The lowest BCUT2D eigenvalue weighted by atomic mass is 10.5. The molecule has 0 bridgehead atoms. The van der Waals surface area contributed by atoms with Crippen molar-refractivity contribution in [2.24, 2.45) is 0 Å². The van der Waals surface area contributed by atoms with Gasteiger partial charge in [0, 0.05) is 6.10 Å². The standard InChI is InChI=1S/C15H41O5Si6/c1-14(2)16-21-15(3)23(6,7)18-25(10,11)20-26(12,13)19-24(8,9)17-22(4)5/h14-15H,1-13H3. The maximum atomic E-state index is 6.67. The summed E-state index contributed by atoms with van der Waals surface area (Å²) in [7, 11) is -9.03. The summed E-state index contributed by atoms with van der Waals surface area (Å²) in [6.07, 6.45) is 0.262. The van der Waals surface area contributed by atoms with Crippen LogP contribution in [0.3, 0.4) is 0 Å². The molecule has 1 atom stereocenters. The van der Waals surface area contributed by atoms with Crippen LogP contribution in [0.25, 0.3) is 0 Å². The van der Waals surface area contributed by atoms with Crippen molar-refractivity contribution in [3.05, 3.63) is 0 Å². The first-order valence-electron chi connectivity index (χ1n) is 9.38. The van der Waals surface area contributed by atoms with Gasteiger partial charge in [0.1, 0.15) is 0 Å². The summed E-state index contributed by atoms with van der Waals surface area (Å²) in [4.78, 5) is 0. The minimum atomic E-state index is -2.33. The molecule has 0 aromatic carbocycles. The van der Waals surface area contributed by atoms with E-state index in [1.54, 1.807) is 0 Å². The van der Waals surface area contributed by atoms with Gasteiger partial charge in [0.2, 0.25) is 9.76 Å². The molecule has 0 fully saturated rings. The minimum absolute atomic E-state index is 0.262. The Bertz CT molecular complexity index is 429. The van der Waals surface area contributed by atoms with Crippen LogP contribution in [0.4, 0.5) is 0 Å². The van der Waals surface area contributed by atoms with E-state index in [2.05, 4.69) is 86.2 Å². The highest BCUT2D eigenvalue weighted by Gasteiger charge is 2.45. The fourth-order valence-corrected chi connectivity index (χ4v) is 26.0. The molecule has 0 spiro atoms. The first kappa shape index (κ1) is 27.1. The molecule has 1 unspecified atom stereocenters. The smallest absolute Gasteiger partial charge is 0.314 e. The van der Waals surface area contributed by atoms with Crippen LogP contribution in [0.1, 0.15) is 20.8 Å². The monoisotopic (exact) mass is 469 g/mol. The van der Waals surface area contributed by atoms with Crippen LogP contribution in [0.5, 0.6) is 0 Å². The van der Waals surface area contributed by atoms with E-state index in [0.717, 1.165) is 0 Å². The van der Waals surface area contributed by atoms with Crippen LogP contribution in [0, 0.1) is 0 Å². The van der Waals surface area contributed by atoms with Gasteiger partial charge in [0.25, 0.3) is 0 Å². The largest absolute Gasteiger partial charge is 0.437 e. The second-order valence-electron chi connectivity index (χ2n) is 9.13. The fourth-order valence-electron chi connectivity index (χ4n) is 2.84. The molecule has 0 saturated heterocycles. The van der Waals surface area contributed by atoms with Crippen molar-refractivity contribution in [2.45, 2.75) is 97.5 Å². The zero-order valence-corrected chi connectivity index (χ0v) is 25.2. The molecule has 0 rings (SSSR count). The highest BCUT2D eigenvalue weighted by molar-refractivity contribution is 6.91. The van der Waals surface area contributed by atoms with Crippen LogP contribution in [-0.2, 0) is 20.9 Å². The second kappa shape index (κ2) is 10.2. The van der Waals surface area contributed by atoms with Crippen molar-refractivity contribution < 1.29 is 20.9 Å². The average Bonchev–Trinajstić information content (AvgIpc) is 2.28. The molecule has 0 aromatic rings. The average molecular weight is 470 g/mol. The van der Waals surface area contributed by atoms with Gasteiger partial charge < -0.3 is 20.9 Å². The van der Waals surface area contributed by atoms with Crippen LogP contribution in [0.15, 0.2) is 0 Å². The van der Waals surface area contributed by atoms with Crippen LogP contribution in [-0.4, -0.2) is 58.9 Å². The van der Waals surface area contributed by atoms with Gasteiger partial charge in [-0.25, -0.2) is 0 Å². The summed E-state index contributed by atoms with van der Waals surface area (Å²) in [5.74, 6) is 0. The normalized spacial score (nSPS) is 15.8. The first-order chi connectivity index (χ1) is 11.4. The van der Waals surface area contributed by atoms with Gasteiger partial charge in [-0.3, -0.25) is 0 Å². The van der Waals surface area contributed by atoms with Gasteiger partial charge in [-0.1, -0.05) is 6.92 Å². The molecule has 0 saturated carbocycles. The molecule has 0 amide bonds. The summed E-state index contributed by atoms with van der Waals surface area (Å²) in [5.41, 5.74) is 0. The van der Waals surface area contributed by atoms with Crippen molar-refractivity contribution >= 4 is 52.8 Å². The van der Waals surface area contributed by atoms with Crippen molar-refractivity contribution in [1.29, 1.82) is 0 Å². The molecule has 0 aliphatic rings. The molecular formula is C15H41O5Si6. The third-order valence-corrected chi connectivity index (χ3v) is 24.5. The molecule has 0 aliphatic heterocycles. The van der Waals surface area contributed by atoms with Gasteiger partial charge in [0.05, 0.1) is 0 Å². The van der Waals surface area contributed by atoms with E-state index in [0.29, 0.717) is 14.9 Å². The Morgan fingerprint density at radius 1 is 0.692 bits per heavy atom. The van der Waals surface area contributed by atoms with E-state index in [-0.39, 0.29) is 6.10 Å². The van der Waals surface area contributed by atoms with Gasteiger partial charge in [-0.15, -0.1) is 0 Å². The topological polar surface area (TPSA) is 46.2 Å². The van der Waals surface area contributed by atoms with E-state index in [1.165, 1.54) is 0 Å². The SMILES string of the molecule is CC(C)O[Si]C(C)[Si](C)(C)O[Si](C)(C)O[Si](C)(C)O[Si](C)(C)O[Si](C)C. The molecule has 26 heavy (non-hydrogen) atoms. The molecule has 0 heterocycles. The van der Waals surface area contributed by atoms with Crippen molar-refractivity contribution in [2.75, 3.05) is 0 Å². The third-order valence-electron chi connectivity index (χ3n) is 3.47. The van der Waals surface area contributed by atoms with Gasteiger partial charge >= 0.3 is 25.7 Å². The Balaban J connectivity index is 4.93. The van der Waals surface area contributed by atoms with E-state index < -0.39 is 43.0 Å². The Kier molecular flexibility index (Phi) is 10.7. The Morgan fingerprint density at radius 3 is 1.54 bits per heavy atom. The van der Waals surface area contributed by atoms with E-state index in [1.807, 2.05) is 0 Å². The maximum absolute atomic E-state index is 6.67. The Hall–Kier alpha value is 1.10. The summed E-state index contributed by atoms with van der Waals surface area (Å²) >= 11 is 0. The second-order valence-corrected chi connectivity index (χ2v) is 28.6. The zero-order valence-electron chi connectivity index (χ0n) is 19.2. The predicted octanol–water partition coefficient (Wildman–Crippen LogP) is 5.01. The van der Waals surface area contributed by atoms with Crippen LogP contribution >= 0.6 is 0 Å². The first-order valence-corrected chi connectivity index (χ1v) is 24.2. The van der Waals surface area contributed by atoms with E-state index in [9.17, 15) is 0 Å². The lowest BCUT2D eigenvalue weighted by Crippen LogP contribution is -2.58. The molecule has 5 nitrogen and oxygen atoms in total. The van der Waals surface area contributed by atoms with E-state index in [4.69, 9.17) is 20.9 Å². The number of hydrogen-bond donors (Lipinski definition) is 0. The van der Waals surface area contributed by atoms with Gasteiger partial charge in [-0.2, -0.15) is 0 Å². The van der Waals surface area contributed by atoms with Gasteiger partial charge in [0.15, 0.2) is 17.4 Å². The molecule has 155 valence electrons. The molecule has 0 N–H and O–H groups in total. The van der Waals surface area contributed by atoms with Crippen molar-refractivity contribution in [1.82, 2.24) is 0 Å². The van der Waals surface area contributed by atoms with Crippen molar-refractivity contribution in [3.8, 4) is 0 Å². The van der Waals surface area contributed by atoms with Gasteiger partial charge in [-0.05, 0) is 84.5 Å². The molecule has 0 aromatic heterocycles. The maximum Gasteiger partial charge on any atom is 0.314 e. The minimum Gasteiger partial charge on any atom is -0.437 e. The number of rotatable bonds is 12. The molecular weight excluding hydrogens is 429 g/mol. The quantitative estimate of drug-likeness (QED) is 0.376. The predicted molar refractivity (Wildman–Crippen MR) is 123 cm³/mol. The number of hydrogen-bond acceptors (Lipinski definition) is 5. The summed E-state index contributed by atoms with van der Waals surface area (Å²) in [6.45, 7) is 28.0. The Morgan fingerprint density at radius 2 is 1.12 bits per heavy atom. The molecule has 11 heteroatoms. The zero-order chi connectivity index (χ0) is 21.0. The highest BCUT2D eigenvalue weighted by Crippen LogP contribution is 2.29. The van der Waals surface area contributed by atoms with Crippen LogP contribution in [0.2, 0.25) is 70.6 Å². The fraction of sp³-hybridized carbons (Fsp3) is 1.00. The third kappa shape index (κ3) is 11.8. The highest BCUT2D eigenvalue weighted by atomic mass is 28.5. The molecule has 3 radical (unpaired) electrons. The lowest BCUT2D eigenvalue weighted by Gasteiger charge is -2.42. The van der Waals surface area contributed by atoms with Crippen LogP contribution < -0.4 is 0 Å². The summed E-state index contributed by atoms with van der Waals surface area (Å²) < 4.78 is 31.6.